The molecule has 0 saturated carbocycles. The molecule has 0 bridgehead atoms. The van der Waals surface area contributed by atoms with Crippen LogP contribution in [-0.4, -0.2) is 16.8 Å². The number of hydrogen-bond acceptors (Lipinski definition) is 4. The molecule has 0 fully saturated rings. The Bertz CT molecular complexity index is 1000. The maximum atomic E-state index is 12.8. The number of rotatable bonds is 5. The molecule has 0 aliphatic rings. The highest BCUT2D eigenvalue weighted by molar-refractivity contribution is 6.31. The van der Waals surface area contributed by atoms with E-state index in [1.807, 2.05) is 26.8 Å². The van der Waals surface area contributed by atoms with Crippen LogP contribution in [0.2, 0.25) is 5.02 Å². The summed E-state index contributed by atoms with van der Waals surface area (Å²) >= 11 is 6.07. The number of carbonyl (C=O) groups excluding carboxylic acids is 2. The van der Waals surface area contributed by atoms with Crippen LogP contribution in [0.4, 0.5) is 5.69 Å². The lowest BCUT2D eigenvalue weighted by Crippen LogP contribution is -2.17. The van der Waals surface area contributed by atoms with Crippen molar-refractivity contribution in [1.82, 2.24) is 5.16 Å². The minimum absolute atomic E-state index is 0.0185. The second kappa shape index (κ2) is 7.98. The van der Waals surface area contributed by atoms with Gasteiger partial charge in [0.15, 0.2) is 5.78 Å². The van der Waals surface area contributed by atoms with E-state index in [9.17, 15) is 9.59 Å². The number of nitrogens with one attached hydrogen (secondary N) is 1. The van der Waals surface area contributed by atoms with Crippen LogP contribution in [0.1, 0.15) is 48.1 Å². The molecule has 0 spiro atoms. The quantitative estimate of drug-likeness (QED) is 0.613. The lowest BCUT2D eigenvalue weighted by Gasteiger charge is -2.12. The van der Waals surface area contributed by atoms with E-state index in [0.717, 1.165) is 5.69 Å². The van der Waals surface area contributed by atoms with Gasteiger partial charge in [-0.05, 0) is 18.2 Å². The van der Waals surface area contributed by atoms with E-state index in [-0.39, 0.29) is 23.5 Å². The first-order valence-electron chi connectivity index (χ1n) is 8.89. The van der Waals surface area contributed by atoms with E-state index in [0.29, 0.717) is 27.6 Å². The average Bonchev–Trinajstić information content (AvgIpc) is 3.12. The van der Waals surface area contributed by atoms with Crippen molar-refractivity contribution >= 4 is 29.0 Å². The molecular formula is C22H21ClN2O3. The van der Waals surface area contributed by atoms with E-state index >= 15 is 0 Å². The molecule has 0 radical (unpaired) electrons. The van der Waals surface area contributed by atoms with Crippen LogP contribution in [0.3, 0.4) is 0 Å². The van der Waals surface area contributed by atoms with Crippen molar-refractivity contribution in [1.29, 1.82) is 0 Å². The molecule has 5 nitrogen and oxygen atoms in total. The third-order valence-electron chi connectivity index (χ3n) is 4.20. The maximum absolute atomic E-state index is 12.8. The molecule has 28 heavy (non-hydrogen) atoms. The molecule has 3 rings (SSSR count). The minimum atomic E-state index is -0.305. The molecule has 144 valence electrons. The summed E-state index contributed by atoms with van der Waals surface area (Å²) in [6.07, 6.45) is 0.0185. The van der Waals surface area contributed by atoms with Gasteiger partial charge in [0.2, 0.25) is 5.91 Å². The molecule has 6 heteroatoms. The minimum Gasteiger partial charge on any atom is -0.361 e. The van der Waals surface area contributed by atoms with Crippen molar-refractivity contribution < 1.29 is 14.1 Å². The fourth-order valence-corrected chi connectivity index (χ4v) is 2.83. The van der Waals surface area contributed by atoms with E-state index in [2.05, 4.69) is 10.5 Å². The summed E-state index contributed by atoms with van der Waals surface area (Å²) in [7, 11) is 0. The number of amides is 1. The topological polar surface area (TPSA) is 72.2 Å². The first-order valence-corrected chi connectivity index (χ1v) is 9.27. The Labute approximate surface area is 168 Å². The van der Waals surface area contributed by atoms with Crippen LogP contribution < -0.4 is 5.32 Å². The second-order valence-electron chi connectivity index (χ2n) is 7.54. The molecule has 0 aliphatic carbocycles. The van der Waals surface area contributed by atoms with Crippen LogP contribution in [0.25, 0.3) is 0 Å². The average molecular weight is 397 g/mol. The van der Waals surface area contributed by atoms with Crippen molar-refractivity contribution in [2.45, 2.75) is 32.6 Å². The van der Waals surface area contributed by atoms with Crippen molar-refractivity contribution in [3.8, 4) is 0 Å². The van der Waals surface area contributed by atoms with Crippen molar-refractivity contribution in [2.24, 2.45) is 0 Å². The monoisotopic (exact) mass is 396 g/mol. The van der Waals surface area contributed by atoms with Gasteiger partial charge in [-0.1, -0.05) is 67.9 Å². The SMILES string of the molecule is CC(C)(C)c1cc(CC(=O)Nc2ccc(Cl)cc2C(=O)c2ccccc2)on1. The lowest BCUT2D eigenvalue weighted by molar-refractivity contribution is -0.115. The third kappa shape index (κ3) is 4.67. The van der Waals surface area contributed by atoms with Crippen molar-refractivity contribution in [2.75, 3.05) is 5.32 Å². The fraction of sp³-hybridized carbons (Fsp3) is 0.227. The largest absolute Gasteiger partial charge is 0.361 e. The number of nitrogens with zero attached hydrogens (tertiary/aromatic N) is 1. The fourth-order valence-electron chi connectivity index (χ4n) is 2.66. The van der Waals surface area contributed by atoms with Gasteiger partial charge in [0.05, 0.1) is 17.8 Å². The van der Waals surface area contributed by atoms with E-state index < -0.39 is 0 Å². The predicted octanol–water partition coefficient (Wildman–Crippen LogP) is 5.04. The van der Waals surface area contributed by atoms with Gasteiger partial charge in [0, 0.05) is 27.6 Å². The Morgan fingerprint density at radius 3 is 2.43 bits per heavy atom. The second-order valence-corrected chi connectivity index (χ2v) is 7.97. The first kappa shape index (κ1) is 19.8. The predicted molar refractivity (Wildman–Crippen MR) is 109 cm³/mol. The molecule has 0 atom stereocenters. The molecule has 0 unspecified atom stereocenters. The zero-order chi connectivity index (χ0) is 20.3. The van der Waals surface area contributed by atoms with Gasteiger partial charge in [0.25, 0.3) is 0 Å². The van der Waals surface area contributed by atoms with E-state index in [1.54, 1.807) is 48.5 Å². The van der Waals surface area contributed by atoms with E-state index in [4.69, 9.17) is 16.1 Å². The summed E-state index contributed by atoms with van der Waals surface area (Å²) in [6, 6.07) is 15.4. The number of hydrogen-bond donors (Lipinski definition) is 1. The normalized spacial score (nSPS) is 11.3. The first-order chi connectivity index (χ1) is 13.2. The molecule has 1 N–H and O–H groups in total. The molecule has 1 aromatic heterocycles. The number of anilines is 1. The zero-order valence-electron chi connectivity index (χ0n) is 16.0. The van der Waals surface area contributed by atoms with Crippen molar-refractivity contribution in [3.63, 3.8) is 0 Å². The summed E-state index contributed by atoms with van der Waals surface area (Å²) in [5.41, 5.74) is 1.87. The number of carbonyl (C=O) groups is 2. The van der Waals surface area contributed by atoms with Gasteiger partial charge < -0.3 is 9.84 Å². The molecule has 3 aromatic rings. The van der Waals surface area contributed by atoms with Gasteiger partial charge in [-0.15, -0.1) is 0 Å². The maximum Gasteiger partial charge on any atom is 0.232 e. The van der Waals surface area contributed by atoms with Crippen LogP contribution in [0.15, 0.2) is 59.1 Å². The molecule has 1 heterocycles. The number of benzene rings is 2. The van der Waals surface area contributed by atoms with Crippen LogP contribution in [-0.2, 0) is 16.6 Å². The number of aromatic nitrogens is 1. The molecule has 1 amide bonds. The number of ketones is 1. The molecular weight excluding hydrogens is 376 g/mol. The highest BCUT2D eigenvalue weighted by atomic mass is 35.5. The van der Waals surface area contributed by atoms with Crippen LogP contribution in [0.5, 0.6) is 0 Å². The summed E-state index contributed by atoms with van der Waals surface area (Å²) < 4.78 is 5.27. The molecule has 2 aromatic carbocycles. The third-order valence-corrected chi connectivity index (χ3v) is 4.43. The van der Waals surface area contributed by atoms with Crippen LogP contribution >= 0.6 is 11.6 Å². The van der Waals surface area contributed by atoms with Gasteiger partial charge in [-0.25, -0.2) is 0 Å². The van der Waals surface area contributed by atoms with Gasteiger partial charge >= 0.3 is 0 Å². The lowest BCUT2D eigenvalue weighted by atomic mass is 9.92. The van der Waals surface area contributed by atoms with Gasteiger partial charge in [0.1, 0.15) is 5.76 Å². The molecule has 0 saturated heterocycles. The molecule has 0 aliphatic heterocycles. The summed E-state index contributed by atoms with van der Waals surface area (Å²) in [5, 5.41) is 7.22. The Balaban J connectivity index is 1.79. The highest BCUT2D eigenvalue weighted by Crippen LogP contribution is 2.25. The Kier molecular flexibility index (Phi) is 5.66. The summed E-state index contributed by atoms with van der Waals surface area (Å²) in [5.74, 6) is -0.0542. The number of halogens is 1. The van der Waals surface area contributed by atoms with Gasteiger partial charge in [-0.2, -0.15) is 0 Å². The Hall–Kier alpha value is -2.92. The summed E-state index contributed by atoms with van der Waals surface area (Å²) in [4.78, 5) is 25.3. The zero-order valence-corrected chi connectivity index (χ0v) is 16.7. The standard InChI is InChI=1S/C22H21ClN2O3/c1-22(2,3)19-12-16(28-25-19)13-20(26)24-18-10-9-15(23)11-17(18)21(27)14-7-5-4-6-8-14/h4-12H,13H2,1-3H3,(H,24,26). The van der Waals surface area contributed by atoms with Gasteiger partial charge in [-0.3, -0.25) is 9.59 Å². The van der Waals surface area contributed by atoms with Crippen LogP contribution in [0, 0.1) is 0 Å². The van der Waals surface area contributed by atoms with Crippen molar-refractivity contribution in [3.05, 3.63) is 82.2 Å². The smallest absolute Gasteiger partial charge is 0.232 e. The Morgan fingerprint density at radius 2 is 1.79 bits per heavy atom. The Morgan fingerprint density at radius 1 is 1.07 bits per heavy atom. The van der Waals surface area contributed by atoms with E-state index in [1.165, 1.54) is 0 Å². The summed E-state index contributed by atoms with van der Waals surface area (Å²) in [6.45, 7) is 6.05. The highest BCUT2D eigenvalue weighted by Gasteiger charge is 2.21.